The molecule has 0 amide bonds. The Bertz CT molecular complexity index is 732. The van der Waals surface area contributed by atoms with Crippen LogP contribution in [0.2, 0.25) is 0 Å². The van der Waals surface area contributed by atoms with E-state index in [-0.39, 0.29) is 0 Å². The Morgan fingerprint density at radius 1 is 0.696 bits per heavy atom. The normalized spacial score (nSPS) is 14.0. The predicted octanol–water partition coefficient (Wildman–Crippen LogP) is 2.94. The summed E-state index contributed by atoms with van der Waals surface area (Å²) in [5.74, 6) is -1.00. The van der Waals surface area contributed by atoms with E-state index in [1.54, 1.807) is 60.7 Å². The highest BCUT2D eigenvalue weighted by molar-refractivity contribution is 7.94. The predicted molar refractivity (Wildman–Crippen MR) is 89.4 cm³/mol. The molecule has 0 N–H and O–H groups in total. The first-order valence-electron chi connectivity index (χ1n) is 7.27. The molecule has 2 atom stereocenters. The second-order valence-corrected chi connectivity index (χ2v) is 7.93. The highest BCUT2D eigenvalue weighted by atomic mass is 32.2. The molecule has 2 rings (SSSR count). The smallest absolute Gasteiger partial charge is 0.180 e. The van der Waals surface area contributed by atoms with Gasteiger partial charge in [0, 0.05) is 11.1 Å². The summed E-state index contributed by atoms with van der Waals surface area (Å²) in [6.45, 7) is 2.67. The van der Waals surface area contributed by atoms with Gasteiger partial charge in [0.2, 0.25) is 0 Å². The van der Waals surface area contributed by atoms with E-state index in [1.165, 1.54) is 13.8 Å². The van der Waals surface area contributed by atoms with Crippen LogP contribution in [0.15, 0.2) is 60.7 Å². The van der Waals surface area contributed by atoms with Crippen LogP contribution in [-0.4, -0.2) is 30.5 Å². The van der Waals surface area contributed by atoms with E-state index in [4.69, 9.17) is 0 Å². The fraction of sp³-hybridized carbons (Fsp3) is 0.222. The van der Waals surface area contributed by atoms with Gasteiger partial charge in [-0.15, -0.1) is 0 Å². The molecule has 0 aliphatic rings. The Morgan fingerprint density at radius 3 is 1.30 bits per heavy atom. The van der Waals surface area contributed by atoms with Crippen molar-refractivity contribution in [2.45, 2.75) is 24.3 Å². The largest absolute Gasteiger partial charge is 0.293 e. The lowest BCUT2D eigenvalue weighted by molar-refractivity contribution is 0.0987. The summed E-state index contributed by atoms with van der Waals surface area (Å²) in [5, 5.41) is -2.54. The quantitative estimate of drug-likeness (QED) is 0.764. The fourth-order valence-corrected chi connectivity index (χ4v) is 3.76. The third-order valence-electron chi connectivity index (χ3n) is 3.84. The van der Waals surface area contributed by atoms with Crippen LogP contribution in [0.1, 0.15) is 34.6 Å². The van der Waals surface area contributed by atoms with Crippen LogP contribution in [-0.2, 0) is 9.84 Å². The van der Waals surface area contributed by atoms with E-state index >= 15 is 0 Å². The van der Waals surface area contributed by atoms with Gasteiger partial charge in [0.15, 0.2) is 21.4 Å². The summed E-state index contributed by atoms with van der Waals surface area (Å²) in [4.78, 5) is 24.7. The maximum absolute atomic E-state index is 12.6. The van der Waals surface area contributed by atoms with Gasteiger partial charge < -0.3 is 0 Å². The maximum Gasteiger partial charge on any atom is 0.180 e. The lowest BCUT2D eigenvalue weighted by atomic mass is 10.1. The second-order valence-electron chi connectivity index (χ2n) is 5.33. The van der Waals surface area contributed by atoms with Crippen LogP contribution < -0.4 is 0 Å². The molecule has 0 spiro atoms. The number of Topliss-reactive ketones (excluding diaryl/α,β-unsaturated/α-hetero) is 2. The number of hydrogen-bond donors (Lipinski definition) is 0. The Morgan fingerprint density at radius 2 is 1.00 bits per heavy atom. The SMILES string of the molecule is C[C@H](C(=O)c1ccccc1)S(=O)(=O)[C@@H](C)C(=O)c1ccccc1. The van der Waals surface area contributed by atoms with Gasteiger partial charge in [0.05, 0.1) is 0 Å². The van der Waals surface area contributed by atoms with Crippen molar-refractivity contribution in [3.05, 3.63) is 71.8 Å². The molecule has 0 radical (unpaired) electrons. The molecule has 0 unspecified atom stereocenters. The molecule has 0 fully saturated rings. The van der Waals surface area contributed by atoms with E-state index in [0.29, 0.717) is 11.1 Å². The molecule has 23 heavy (non-hydrogen) atoms. The van der Waals surface area contributed by atoms with Gasteiger partial charge in [-0.2, -0.15) is 0 Å². The first kappa shape index (κ1) is 17.1. The third-order valence-corrected chi connectivity index (χ3v) is 6.24. The van der Waals surface area contributed by atoms with Gasteiger partial charge in [-0.1, -0.05) is 60.7 Å². The molecule has 0 heterocycles. The zero-order valence-corrected chi connectivity index (χ0v) is 13.8. The molecular formula is C18H18O4S. The molecule has 0 bridgehead atoms. The molecule has 0 saturated carbocycles. The van der Waals surface area contributed by atoms with Gasteiger partial charge in [-0.05, 0) is 13.8 Å². The summed E-state index contributed by atoms with van der Waals surface area (Å²) in [6.07, 6.45) is 0. The van der Waals surface area contributed by atoms with Gasteiger partial charge in [0.25, 0.3) is 0 Å². The molecule has 2 aromatic carbocycles. The van der Waals surface area contributed by atoms with Crippen molar-refractivity contribution < 1.29 is 18.0 Å². The van der Waals surface area contributed by atoms with E-state index in [9.17, 15) is 18.0 Å². The maximum atomic E-state index is 12.6. The van der Waals surface area contributed by atoms with Crippen LogP contribution in [0, 0.1) is 0 Å². The Balaban J connectivity index is 2.27. The molecule has 4 nitrogen and oxygen atoms in total. The number of rotatable bonds is 6. The Labute approximate surface area is 136 Å². The highest BCUT2D eigenvalue weighted by Gasteiger charge is 2.37. The van der Waals surface area contributed by atoms with E-state index in [0.717, 1.165) is 0 Å². The number of benzene rings is 2. The minimum Gasteiger partial charge on any atom is -0.293 e. The zero-order chi connectivity index (χ0) is 17.0. The lowest BCUT2D eigenvalue weighted by Gasteiger charge is -2.17. The lowest BCUT2D eigenvalue weighted by Crippen LogP contribution is -2.38. The summed E-state index contributed by atoms with van der Waals surface area (Å²) in [5.41, 5.74) is 0.644. The van der Waals surface area contributed by atoms with E-state index in [1.807, 2.05) is 0 Å². The van der Waals surface area contributed by atoms with Crippen molar-refractivity contribution in [3.63, 3.8) is 0 Å². The molecule has 2 aromatic rings. The zero-order valence-electron chi connectivity index (χ0n) is 13.0. The van der Waals surface area contributed by atoms with Crippen LogP contribution in [0.5, 0.6) is 0 Å². The van der Waals surface area contributed by atoms with Crippen LogP contribution in [0.25, 0.3) is 0 Å². The molecular weight excluding hydrogens is 312 g/mol. The first-order chi connectivity index (χ1) is 10.9. The van der Waals surface area contributed by atoms with Crippen LogP contribution in [0.4, 0.5) is 0 Å². The number of ketones is 2. The Hall–Kier alpha value is -2.27. The molecule has 5 heteroatoms. The number of carbonyl (C=O) groups excluding carboxylic acids is 2. The van der Waals surface area contributed by atoms with Crippen molar-refractivity contribution in [1.29, 1.82) is 0 Å². The monoisotopic (exact) mass is 330 g/mol. The number of sulfone groups is 1. The summed E-state index contributed by atoms with van der Waals surface area (Å²) < 4.78 is 25.2. The Kier molecular flexibility index (Phi) is 5.11. The molecule has 0 aliphatic heterocycles. The van der Waals surface area contributed by atoms with Crippen LogP contribution >= 0.6 is 0 Å². The van der Waals surface area contributed by atoms with Gasteiger partial charge in [0.1, 0.15) is 10.5 Å². The van der Waals surface area contributed by atoms with Gasteiger partial charge in [-0.25, -0.2) is 8.42 Å². The van der Waals surface area contributed by atoms with Crippen molar-refractivity contribution in [2.75, 3.05) is 0 Å². The first-order valence-corrected chi connectivity index (χ1v) is 8.88. The third kappa shape index (κ3) is 3.56. The standard InChI is InChI=1S/C18H18O4S/c1-13(17(19)15-9-5-3-6-10-15)23(21,22)14(2)18(20)16-11-7-4-8-12-16/h3-14H,1-2H3/t13-,14+. The number of hydrogen-bond acceptors (Lipinski definition) is 4. The van der Waals surface area contributed by atoms with E-state index in [2.05, 4.69) is 0 Å². The van der Waals surface area contributed by atoms with Crippen molar-refractivity contribution in [1.82, 2.24) is 0 Å². The van der Waals surface area contributed by atoms with Crippen molar-refractivity contribution >= 4 is 21.4 Å². The average molecular weight is 330 g/mol. The van der Waals surface area contributed by atoms with Crippen LogP contribution in [0.3, 0.4) is 0 Å². The summed E-state index contributed by atoms with van der Waals surface area (Å²) >= 11 is 0. The second kappa shape index (κ2) is 6.87. The molecule has 120 valence electrons. The minimum absolute atomic E-state index is 0.322. The minimum atomic E-state index is -3.93. The molecule has 0 aliphatic carbocycles. The topological polar surface area (TPSA) is 68.3 Å². The van der Waals surface area contributed by atoms with Crippen molar-refractivity contribution in [2.24, 2.45) is 0 Å². The molecule has 0 aromatic heterocycles. The van der Waals surface area contributed by atoms with E-state index < -0.39 is 31.9 Å². The highest BCUT2D eigenvalue weighted by Crippen LogP contribution is 2.18. The average Bonchev–Trinajstić information content (AvgIpc) is 2.60. The van der Waals surface area contributed by atoms with Gasteiger partial charge >= 0.3 is 0 Å². The molecule has 0 saturated heterocycles. The summed E-state index contributed by atoms with van der Waals surface area (Å²) in [6, 6.07) is 16.5. The fourth-order valence-electron chi connectivity index (χ4n) is 2.28. The van der Waals surface area contributed by atoms with Crippen molar-refractivity contribution in [3.8, 4) is 0 Å². The number of carbonyl (C=O) groups is 2. The summed E-state index contributed by atoms with van der Waals surface area (Å²) in [7, 11) is -3.93. The van der Waals surface area contributed by atoms with Gasteiger partial charge in [-0.3, -0.25) is 9.59 Å².